The second kappa shape index (κ2) is 8.73. The summed E-state index contributed by atoms with van der Waals surface area (Å²) in [4.78, 5) is 12.0. The average Bonchev–Trinajstić information content (AvgIpc) is 3.15. The van der Waals surface area contributed by atoms with Crippen LogP contribution in [0.15, 0.2) is 58.2 Å². The summed E-state index contributed by atoms with van der Waals surface area (Å²) in [6, 6.07) is 14.7. The lowest BCUT2D eigenvalue weighted by atomic mass is 10.2. The largest absolute Gasteiger partial charge is 0.497 e. The molecule has 0 atom stereocenters. The molecule has 0 saturated heterocycles. The first-order valence-electron chi connectivity index (χ1n) is 7.76. The maximum absolute atomic E-state index is 12.0. The molecule has 3 aromatic rings. The second-order valence-electron chi connectivity index (χ2n) is 5.26. The van der Waals surface area contributed by atoms with Crippen LogP contribution in [0.5, 0.6) is 5.75 Å². The standard InChI is InChI=1S/C18H16ClN3O3S/c1-24-14-8-6-12(7-9-14)17-21-22-18(25-17)26-11-16(23)20-10-13-4-2-3-5-15(13)19/h2-9H,10-11H2,1H3,(H,20,23). The fraction of sp³-hybridized carbons (Fsp3) is 0.167. The van der Waals surface area contributed by atoms with Crippen molar-refractivity contribution in [2.45, 2.75) is 11.8 Å². The molecule has 0 fully saturated rings. The van der Waals surface area contributed by atoms with Crippen LogP contribution < -0.4 is 10.1 Å². The molecule has 0 aliphatic carbocycles. The van der Waals surface area contributed by atoms with Gasteiger partial charge in [0.05, 0.1) is 12.9 Å². The molecule has 1 amide bonds. The Morgan fingerprint density at radius 3 is 2.69 bits per heavy atom. The van der Waals surface area contributed by atoms with Gasteiger partial charge >= 0.3 is 0 Å². The first-order chi connectivity index (χ1) is 12.7. The molecule has 3 rings (SSSR count). The van der Waals surface area contributed by atoms with Crippen molar-refractivity contribution in [3.05, 3.63) is 59.1 Å². The summed E-state index contributed by atoms with van der Waals surface area (Å²) in [5.41, 5.74) is 1.65. The number of carbonyl (C=O) groups is 1. The zero-order valence-electron chi connectivity index (χ0n) is 13.9. The van der Waals surface area contributed by atoms with E-state index in [4.69, 9.17) is 20.8 Å². The van der Waals surface area contributed by atoms with E-state index >= 15 is 0 Å². The van der Waals surface area contributed by atoms with Crippen LogP contribution in [0.4, 0.5) is 0 Å². The van der Waals surface area contributed by atoms with E-state index in [-0.39, 0.29) is 11.7 Å². The Morgan fingerprint density at radius 2 is 1.96 bits per heavy atom. The van der Waals surface area contributed by atoms with Crippen molar-refractivity contribution < 1.29 is 13.9 Å². The quantitative estimate of drug-likeness (QED) is 0.619. The van der Waals surface area contributed by atoms with Gasteiger partial charge in [-0.2, -0.15) is 0 Å². The molecule has 134 valence electrons. The number of aromatic nitrogens is 2. The highest BCUT2D eigenvalue weighted by Gasteiger charge is 2.11. The van der Waals surface area contributed by atoms with Crippen LogP contribution in [0, 0.1) is 0 Å². The van der Waals surface area contributed by atoms with Gasteiger partial charge in [-0.1, -0.05) is 41.6 Å². The zero-order chi connectivity index (χ0) is 18.4. The van der Waals surface area contributed by atoms with E-state index in [0.29, 0.717) is 22.7 Å². The number of hydrogen-bond donors (Lipinski definition) is 1. The summed E-state index contributed by atoms with van der Waals surface area (Å²) in [7, 11) is 1.60. The maximum Gasteiger partial charge on any atom is 0.277 e. The summed E-state index contributed by atoms with van der Waals surface area (Å²) in [6.45, 7) is 0.375. The minimum absolute atomic E-state index is 0.140. The molecule has 0 radical (unpaired) electrons. The van der Waals surface area contributed by atoms with Gasteiger partial charge < -0.3 is 14.5 Å². The average molecular weight is 390 g/mol. The van der Waals surface area contributed by atoms with E-state index in [2.05, 4.69) is 15.5 Å². The fourth-order valence-corrected chi connectivity index (χ4v) is 2.93. The molecule has 0 unspecified atom stereocenters. The van der Waals surface area contributed by atoms with Crippen LogP contribution in [0.3, 0.4) is 0 Å². The second-order valence-corrected chi connectivity index (χ2v) is 6.59. The lowest BCUT2D eigenvalue weighted by Crippen LogP contribution is -2.24. The molecule has 0 bridgehead atoms. The minimum Gasteiger partial charge on any atom is -0.497 e. The van der Waals surface area contributed by atoms with Crippen molar-refractivity contribution in [3.63, 3.8) is 0 Å². The molecule has 8 heteroatoms. The summed E-state index contributed by atoms with van der Waals surface area (Å²) >= 11 is 7.24. The van der Waals surface area contributed by atoms with Gasteiger partial charge in [0.25, 0.3) is 5.22 Å². The van der Waals surface area contributed by atoms with E-state index in [1.807, 2.05) is 42.5 Å². The molecular formula is C18H16ClN3O3S. The normalized spacial score (nSPS) is 10.5. The molecule has 0 aliphatic rings. The molecule has 0 saturated carbocycles. The third-order valence-electron chi connectivity index (χ3n) is 3.50. The number of nitrogens with one attached hydrogen (secondary N) is 1. The number of thioether (sulfide) groups is 1. The number of benzene rings is 2. The topological polar surface area (TPSA) is 77.2 Å². The van der Waals surface area contributed by atoms with Gasteiger partial charge in [0.15, 0.2) is 0 Å². The Morgan fingerprint density at radius 1 is 1.19 bits per heavy atom. The zero-order valence-corrected chi connectivity index (χ0v) is 15.5. The molecule has 6 nitrogen and oxygen atoms in total. The van der Waals surface area contributed by atoms with Crippen LogP contribution in [0.25, 0.3) is 11.5 Å². The lowest BCUT2D eigenvalue weighted by molar-refractivity contribution is -0.118. The van der Waals surface area contributed by atoms with Gasteiger partial charge in [-0.05, 0) is 35.9 Å². The first kappa shape index (κ1) is 18.3. The Kier molecular flexibility index (Phi) is 6.14. The van der Waals surface area contributed by atoms with Crippen LogP contribution in [0.2, 0.25) is 5.02 Å². The number of methoxy groups -OCH3 is 1. The molecule has 1 heterocycles. The maximum atomic E-state index is 12.0. The molecule has 0 aliphatic heterocycles. The Labute approximate surface area is 159 Å². The summed E-state index contributed by atoms with van der Waals surface area (Å²) in [6.07, 6.45) is 0. The Bertz CT molecular complexity index is 883. The van der Waals surface area contributed by atoms with Gasteiger partial charge in [-0.15, -0.1) is 10.2 Å². The van der Waals surface area contributed by atoms with E-state index in [1.54, 1.807) is 13.2 Å². The fourth-order valence-electron chi connectivity index (χ4n) is 2.13. The predicted molar refractivity (Wildman–Crippen MR) is 100 cm³/mol. The number of rotatable bonds is 7. The highest BCUT2D eigenvalue weighted by Crippen LogP contribution is 2.24. The van der Waals surface area contributed by atoms with Gasteiger partial charge in [0.1, 0.15) is 5.75 Å². The van der Waals surface area contributed by atoms with E-state index in [0.717, 1.165) is 16.9 Å². The molecule has 1 N–H and O–H groups in total. The summed E-state index contributed by atoms with van der Waals surface area (Å²) in [5.74, 6) is 1.18. The summed E-state index contributed by atoms with van der Waals surface area (Å²) in [5, 5.41) is 11.7. The van der Waals surface area contributed by atoms with Crippen molar-refractivity contribution in [1.29, 1.82) is 0 Å². The number of amides is 1. The Hall–Kier alpha value is -2.51. The van der Waals surface area contributed by atoms with Gasteiger partial charge in [-0.3, -0.25) is 4.79 Å². The van der Waals surface area contributed by atoms with Gasteiger partial charge in [-0.25, -0.2) is 0 Å². The van der Waals surface area contributed by atoms with Crippen molar-refractivity contribution in [2.24, 2.45) is 0 Å². The number of ether oxygens (including phenoxy) is 1. The van der Waals surface area contributed by atoms with Crippen LogP contribution in [-0.4, -0.2) is 29.0 Å². The van der Waals surface area contributed by atoms with Crippen molar-refractivity contribution in [1.82, 2.24) is 15.5 Å². The first-order valence-corrected chi connectivity index (χ1v) is 9.13. The smallest absolute Gasteiger partial charge is 0.277 e. The molecule has 26 heavy (non-hydrogen) atoms. The third kappa shape index (κ3) is 4.77. The lowest BCUT2D eigenvalue weighted by Gasteiger charge is -2.05. The predicted octanol–water partition coefficient (Wildman–Crippen LogP) is 3.81. The van der Waals surface area contributed by atoms with Crippen molar-refractivity contribution >= 4 is 29.3 Å². The third-order valence-corrected chi connectivity index (χ3v) is 4.69. The van der Waals surface area contributed by atoms with Crippen molar-refractivity contribution in [2.75, 3.05) is 12.9 Å². The number of carbonyl (C=O) groups excluding carboxylic acids is 1. The monoisotopic (exact) mass is 389 g/mol. The highest BCUT2D eigenvalue weighted by atomic mass is 35.5. The van der Waals surface area contributed by atoms with Crippen LogP contribution >= 0.6 is 23.4 Å². The molecule has 0 spiro atoms. The number of halogens is 1. The Balaban J connectivity index is 1.51. The van der Waals surface area contributed by atoms with Crippen LogP contribution in [0.1, 0.15) is 5.56 Å². The molecule has 1 aromatic heterocycles. The van der Waals surface area contributed by atoms with E-state index < -0.39 is 0 Å². The number of nitrogens with zero attached hydrogens (tertiary/aromatic N) is 2. The van der Waals surface area contributed by atoms with Gasteiger partial charge in [0.2, 0.25) is 11.8 Å². The SMILES string of the molecule is COc1ccc(-c2nnc(SCC(=O)NCc3ccccc3Cl)o2)cc1. The minimum atomic E-state index is -0.140. The van der Waals surface area contributed by atoms with E-state index in [1.165, 1.54) is 11.8 Å². The van der Waals surface area contributed by atoms with Gasteiger partial charge in [0, 0.05) is 17.1 Å². The highest BCUT2D eigenvalue weighted by molar-refractivity contribution is 7.99. The van der Waals surface area contributed by atoms with Crippen molar-refractivity contribution in [3.8, 4) is 17.2 Å². The van der Waals surface area contributed by atoms with Crippen LogP contribution in [-0.2, 0) is 11.3 Å². The van der Waals surface area contributed by atoms with E-state index in [9.17, 15) is 4.79 Å². The number of hydrogen-bond acceptors (Lipinski definition) is 6. The molecular weight excluding hydrogens is 374 g/mol. The molecule has 2 aromatic carbocycles. The summed E-state index contributed by atoms with van der Waals surface area (Å²) < 4.78 is 10.7.